The van der Waals surface area contributed by atoms with Gasteiger partial charge in [-0.05, 0) is 27.2 Å². The molecule has 19 heavy (non-hydrogen) atoms. The Balaban J connectivity index is 2.97. The average Bonchev–Trinajstić information content (AvgIpc) is 2.53. The van der Waals surface area contributed by atoms with E-state index in [2.05, 4.69) is 24.6 Å². The van der Waals surface area contributed by atoms with Crippen molar-refractivity contribution in [2.75, 3.05) is 13.2 Å². The molecule has 0 aliphatic carbocycles. The lowest BCUT2D eigenvalue weighted by atomic mass is 9.91. The van der Waals surface area contributed by atoms with Gasteiger partial charge in [-0.25, -0.2) is 0 Å². The Bertz CT molecular complexity index is 442. The van der Waals surface area contributed by atoms with Crippen molar-refractivity contribution in [3.05, 3.63) is 47.7 Å². The summed E-state index contributed by atoms with van der Waals surface area (Å²) >= 11 is 0. The van der Waals surface area contributed by atoms with Crippen LogP contribution in [0.15, 0.2) is 52.7 Å². The lowest BCUT2D eigenvalue weighted by Gasteiger charge is -2.17. The second-order valence-electron chi connectivity index (χ2n) is 4.57. The van der Waals surface area contributed by atoms with Gasteiger partial charge in [0.25, 0.3) is 0 Å². The highest BCUT2D eigenvalue weighted by Gasteiger charge is 2.21. The zero-order chi connectivity index (χ0) is 14.3. The Morgan fingerprint density at radius 3 is 2.89 bits per heavy atom. The van der Waals surface area contributed by atoms with E-state index in [9.17, 15) is 0 Å². The maximum Gasteiger partial charge on any atom is 0.213 e. The molecule has 1 aliphatic heterocycles. The zero-order valence-corrected chi connectivity index (χ0v) is 12.1. The van der Waals surface area contributed by atoms with Gasteiger partial charge in [0.05, 0.1) is 6.61 Å². The maximum atomic E-state index is 6.28. The number of hydrogen-bond acceptors (Lipinski definition) is 3. The fourth-order valence-corrected chi connectivity index (χ4v) is 2.12. The second-order valence-corrected chi connectivity index (χ2v) is 4.57. The van der Waals surface area contributed by atoms with Gasteiger partial charge < -0.3 is 10.5 Å². The van der Waals surface area contributed by atoms with Crippen LogP contribution < -0.4 is 5.73 Å². The monoisotopic (exact) mass is 260 g/mol. The lowest BCUT2D eigenvalue weighted by Crippen LogP contribution is -2.17. The van der Waals surface area contributed by atoms with Crippen LogP contribution in [0.1, 0.15) is 27.2 Å². The van der Waals surface area contributed by atoms with Gasteiger partial charge >= 0.3 is 0 Å². The number of rotatable bonds is 4. The fraction of sp³-hybridized carbons (Fsp3) is 0.438. The SMILES string of the molecule is C=C/C=C\C=C(/C)C1CCN=C(OCC)C(C)=C1N. The molecule has 0 fully saturated rings. The normalized spacial score (nSPS) is 21.3. The van der Waals surface area contributed by atoms with Gasteiger partial charge in [0.2, 0.25) is 5.90 Å². The molecule has 0 saturated carbocycles. The van der Waals surface area contributed by atoms with Gasteiger partial charge in [-0.15, -0.1) is 0 Å². The molecule has 0 radical (unpaired) electrons. The molecule has 3 heteroatoms. The second kappa shape index (κ2) is 7.62. The third-order valence-corrected chi connectivity index (χ3v) is 3.24. The highest BCUT2D eigenvalue weighted by Crippen LogP contribution is 2.26. The van der Waals surface area contributed by atoms with E-state index in [4.69, 9.17) is 10.5 Å². The average molecular weight is 260 g/mol. The zero-order valence-electron chi connectivity index (χ0n) is 12.1. The number of ether oxygens (including phenoxy) is 1. The van der Waals surface area contributed by atoms with Crippen LogP contribution in [0.25, 0.3) is 0 Å². The smallest absolute Gasteiger partial charge is 0.213 e. The van der Waals surface area contributed by atoms with Crippen molar-refractivity contribution in [3.63, 3.8) is 0 Å². The maximum absolute atomic E-state index is 6.28. The molecule has 0 spiro atoms. The number of hydrogen-bond donors (Lipinski definition) is 1. The first-order valence-corrected chi connectivity index (χ1v) is 6.71. The topological polar surface area (TPSA) is 47.6 Å². The van der Waals surface area contributed by atoms with Crippen LogP contribution in [-0.4, -0.2) is 19.0 Å². The minimum atomic E-state index is 0.233. The number of allylic oxidation sites excluding steroid dienone is 5. The summed E-state index contributed by atoms with van der Waals surface area (Å²) < 4.78 is 5.54. The van der Waals surface area contributed by atoms with Gasteiger partial charge in [0.15, 0.2) is 0 Å². The Kier molecular flexibility index (Phi) is 6.13. The highest BCUT2D eigenvalue weighted by molar-refractivity contribution is 5.94. The van der Waals surface area contributed by atoms with Crippen molar-refractivity contribution < 1.29 is 4.74 Å². The van der Waals surface area contributed by atoms with Crippen LogP contribution in [0.5, 0.6) is 0 Å². The van der Waals surface area contributed by atoms with E-state index in [1.165, 1.54) is 5.57 Å². The van der Waals surface area contributed by atoms with Crippen LogP contribution in [0.2, 0.25) is 0 Å². The van der Waals surface area contributed by atoms with Gasteiger partial charge in [-0.3, -0.25) is 4.99 Å². The predicted octanol–water partition coefficient (Wildman–Crippen LogP) is 3.36. The first-order valence-electron chi connectivity index (χ1n) is 6.71. The number of nitrogens with two attached hydrogens (primary N) is 1. The van der Waals surface area contributed by atoms with E-state index in [0.29, 0.717) is 12.5 Å². The van der Waals surface area contributed by atoms with Crippen molar-refractivity contribution in [1.82, 2.24) is 0 Å². The highest BCUT2D eigenvalue weighted by atomic mass is 16.5. The van der Waals surface area contributed by atoms with Crippen LogP contribution in [0.3, 0.4) is 0 Å². The minimum absolute atomic E-state index is 0.233. The van der Waals surface area contributed by atoms with Crippen molar-refractivity contribution >= 4 is 5.90 Å². The van der Waals surface area contributed by atoms with Crippen molar-refractivity contribution in [2.24, 2.45) is 16.6 Å². The molecule has 1 heterocycles. The molecule has 0 bridgehead atoms. The molecule has 0 amide bonds. The lowest BCUT2D eigenvalue weighted by molar-refractivity contribution is 0.326. The first-order chi connectivity index (χ1) is 9.11. The van der Waals surface area contributed by atoms with Crippen LogP contribution >= 0.6 is 0 Å². The number of nitrogens with zero attached hydrogens (tertiary/aromatic N) is 1. The molecule has 1 atom stereocenters. The Morgan fingerprint density at radius 1 is 1.53 bits per heavy atom. The van der Waals surface area contributed by atoms with Crippen molar-refractivity contribution in [1.29, 1.82) is 0 Å². The van der Waals surface area contributed by atoms with E-state index >= 15 is 0 Å². The quantitative estimate of drug-likeness (QED) is 0.788. The molecular formula is C16H24N2O. The largest absolute Gasteiger partial charge is 0.478 e. The predicted molar refractivity (Wildman–Crippen MR) is 82.0 cm³/mol. The third kappa shape index (κ3) is 4.12. The molecule has 1 aliphatic rings. The Morgan fingerprint density at radius 2 is 2.26 bits per heavy atom. The third-order valence-electron chi connectivity index (χ3n) is 3.24. The van der Waals surface area contributed by atoms with Crippen molar-refractivity contribution in [3.8, 4) is 0 Å². The van der Waals surface area contributed by atoms with Crippen LogP contribution in [0.4, 0.5) is 0 Å². The Labute approximate surface area is 116 Å². The van der Waals surface area contributed by atoms with Gasteiger partial charge in [-0.2, -0.15) is 0 Å². The standard InChI is InChI=1S/C16H24N2O/c1-5-7-8-9-12(3)14-10-11-18-16(19-6-2)13(4)15(14)17/h5,7-9,14H,1,6,10-11,17H2,2-4H3/b8-7-,12-9+. The van der Waals surface area contributed by atoms with Crippen LogP contribution in [0, 0.1) is 5.92 Å². The van der Waals surface area contributed by atoms with E-state index in [1.807, 2.05) is 26.0 Å². The first kappa shape index (κ1) is 15.3. The molecule has 0 saturated heterocycles. The van der Waals surface area contributed by atoms with Gasteiger partial charge in [-0.1, -0.05) is 36.5 Å². The molecule has 1 rings (SSSR count). The summed E-state index contributed by atoms with van der Waals surface area (Å²) in [6.07, 6.45) is 8.66. The molecule has 0 aromatic carbocycles. The van der Waals surface area contributed by atoms with Gasteiger partial charge in [0.1, 0.15) is 0 Å². The molecule has 104 valence electrons. The van der Waals surface area contributed by atoms with E-state index < -0.39 is 0 Å². The molecule has 3 nitrogen and oxygen atoms in total. The van der Waals surface area contributed by atoms with Gasteiger partial charge in [0, 0.05) is 23.7 Å². The van der Waals surface area contributed by atoms with Crippen LogP contribution in [-0.2, 0) is 4.74 Å². The van der Waals surface area contributed by atoms with E-state index in [-0.39, 0.29) is 5.92 Å². The summed E-state index contributed by atoms with van der Waals surface area (Å²) in [6.45, 7) is 11.1. The molecule has 0 aromatic heterocycles. The fourth-order valence-electron chi connectivity index (χ4n) is 2.12. The molecular weight excluding hydrogens is 236 g/mol. The summed E-state index contributed by atoms with van der Waals surface area (Å²) in [5, 5.41) is 0. The molecule has 1 unspecified atom stereocenters. The summed E-state index contributed by atoms with van der Waals surface area (Å²) in [5.74, 6) is 0.924. The van der Waals surface area contributed by atoms with Crippen molar-refractivity contribution in [2.45, 2.75) is 27.2 Å². The molecule has 2 N–H and O–H groups in total. The minimum Gasteiger partial charge on any atom is -0.478 e. The summed E-state index contributed by atoms with van der Waals surface area (Å²) in [5.41, 5.74) is 9.35. The van der Waals surface area contributed by atoms with E-state index in [0.717, 1.165) is 24.2 Å². The summed E-state index contributed by atoms with van der Waals surface area (Å²) in [7, 11) is 0. The number of aliphatic imine (C=N–C) groups is 1. The van der Waals surface area contributed by atoms with E-state index in [1.54, 1.807) is 6.08 Å². The summed E-state index contributed by atoms with van der Waals surface area (Å²) in [6, 6.07) is 0. The molecule has 0 aromatic rings. The Hall–Kier alpha value is -1.77. The summed E-state index contributed by atoms with van der Waals surface area (Å²) in [4.78, 5) is 4.47.